The second-order valence-corrected chi connectivity index (χ2v) is 7.86. The van der Waals surface area contributed by atoms with Crippen LogP contribution in [0.15, 0.2) is 54.7 Å². The lowest BCUT2D eigenvalue weighted by Gasteiger charge is -2.28. The van der Waals surface area contributed by atoms with Crippen LogP contribution in [0.5, 0.6) is 17.4 Å². The van der Waals surface area contributed by atoms with Gasteiger partial charge in [-0.25, -0.2) is 9.18 Å². The van der Waals surface area contributed by atoms with Crippen molar-refractivity contribution in [2.75, 3.05) is 20.1 Å². The monoisotopic (exact) mass is 465 g/mol. The van der Waals surface area contributed by atoms with Crippen molar-refractivity contribution in [1.82, 2.24) is 25.3 Å². The summed E-state index contributed by atoms with van der Waals surface area (Å²) < 4.78 is 26.3. The average molecular weight is 465 g/mol. The number of hydrogen-bond acceptors (Lipinski definition) is 7. The Labute approximate surface area is 196 Å². The summed E-state index contributed by atoms with van der Waals surface area (Å²) in [5, 5.41) is 10.2. The van der Waals surface area contributed by atoms with Crippen molar-refractivity contribution in [2.45, 2.75) is 19.6 Å². The van der Waals surface area contributed by atoms with Crippen LogP contribution in [0.25, 0.3) is 0 Å². The molecule has 0 atom stereocenters. The number of nitrogens with one attached hydrogen (secondary N) is 1. The van der Waals surface area contributed by atoms with Crippen LogP contribution >= 0.6 is 0 Å². The van der Waals surface area contributed by atoms with Crippen LogP contribution < -0.4 is 14.8 Å². The maximum atomic E-state index is 15.2. The molecular weight excluding hydrogens is 441 g/mol. The molecule has 0 bridgehead atoms. The summed E-state index contributed by atoms with van der Waals surface area (Å²) in [7, 11) is 1.85. The van der Waals surface area contributed by atoms with Crippen molar-refractivity contribution in [1.29, 1.82) is 0 Å². The zero-order chi connectivity index (χ0) is 23.9. The molecule has 2 heterocycles. The molecule has 0 saturated carbocycles. The minimum atomic E-state index is -0.564. The first-order chi connectivity index (χ1) is 16.5. The molecule has 1 aliphatic rings. The second-order valence-electron chi connectivity index (χ2n) is 7.86. The van der Waals surface area contributed by atoms with Crippen molar-refractivity contribution in [2.24, 2.45) is 0 Å². The van der Waals surface area contributed by atoms with Gasteiger partial charge in [-0.15, -0.1) is 5.10 Å². The number of hydrogen-bond donors (Lipinski definition) is 1. The maximum absolute atomic E-state index is 15.2. The van der Waals surface area contributed by atoms with E-state index in [1.165, 1.54) is 4.90 Å². The van der Waals surface area contributed by atoms with Crippen LogP contribution in [0.2, 0.25) is 0 Å². The van der Waals surface area contributed by atoms with Crippen LogP contribution in [-0.2, 0) is 24.4 Å². The molecule has 1 aromatic heterocycles. The maximum Gasteiger partial charge on any atom is 0.415 e. The highest BCUT2D eigenvalue weighted by atomic mass is 19.1. The number of halogens is 1. The third-order valence-electron chi connectivity index (χ3n) is 5.31. The molecule has 176 valence electrons. The first-order valence-electron chi connectivity index (χ1n) is 10.7. The quantitative estimate of drug-likeness (QED) is 0.363. The number of carbonyl (C=O) groups excluding carboxylic acids is 2. The number of likely N-dealkylation sites (N-methyl/N-ethyl adjacent to an activating group) is 1. The molecule has 1 aliphatic heterocycles. The lowest BCUT2D eigenvalue weighted by Crippen LogP contribution is -2.36. The Bertz CT molecular complexity index is 1160. The number of carbonyl (C=O) groups is 2. The molecule has 4 rings (SSSR count). The van der Waals surface area contributed by atoms with E-state index in [0.29, 0.717) is 54.6 Å². The van der Waals surface area contributed by atoms with E-state index < -0.39 is 6.09 Å². The third-order valence-corrected chi connectivity index (χ3v) is 5.31. The van der Waals surface area contributed by atoms with E-state index in [2.05, 4.69) is 15.5 Å². The van der Waals surface area contributed by atoms with Gasteiger partial charge < -0.3 is 19.7 Å². The average Bonchev–Trinajstić information content (AvgIpc) is 2.83. The Kier molecular flexibility index (Phi) is 7.28. The van der Waals surface area contributed by atoms with E-state index in [0.717, 1.165) is 5.56 Å². The van der Waals surface area contributed by atoms with Gasteiger partial charge >= 0.3 is 6.09 Å². The standard InChI is InChI=1S/C24H24FN5O4/c1-29(11-10-26-16-31)13-18-4-2-5-19(23(18)25)15-30-14-17-7-8-20(12-21(17)34-24(30)32)33-22-6-3-9-27-28-22/h2-9,12,16H,10-11,13-15H2,1H3,(H,26,31). The van der Waals surface area contributed by atoms with Crippen LogP contribution in [0.4, 0.5) is 9.18 Å². The lowest BCUT2D eigenvalue weighted by atomic mass is 10.1. The molecule has 0 saturated heterocycles. The summed E-state index contributed by atoms with van der Waals surface area (Å²) in [6.07, 6.45) is 1.61. The molecule has 0 unspecified atom stereocenters. The zero-order valence-electron chi connectivity index (χ0n) is 18.6. The van der Waals surface area contributed by atoms with Crippen molar-refractivity contribution in [3.63, 3.8) is 0 Å². The molecule has 2 amide bonds. The second kappa shape index (κ2) is 10.7. The van der Waals surface area contributed by atoms with Gasteiger partial charge in [-0.1, -0.05) is 18.2 Å². The first kappa shape index (κ1) is 23.1. The minimum absolute atomic E-state index is 0.0756. The fourth-order valence-corrected chi connectivity index (χ4v) is 3.60. The van der Waals surface area contributed by atoms with Crippen LogP contribution in [-0.4, -0.2) is 52.6 Å². The van der Waals surface area contributed by atoms with Gasteiger partial charge in [-0.05, 0) is 25.2 Å². The summed E-state index contributed by atoms with van der Waals surface area (Å²) >= 11 is 0. The van der Waals surface area contributed by atoms with Crippen LogP contribution in [0, 0.1) is 5.82 Å². The molecular formula is C24H24FN5O4. The fourth-order valence-electron chi connectivity index (χ4n) is 3.60. The smallest absolute Gasteiger partial charge is 0.415 e. The SMILES string of the molecule is CN(CCNC=O)Cc1cccc(CN2Cc3ccc(Oc4cccnn4)cc3OC2=O)c1F. The molecule has 10 heteroatoms. The van der Waals surface area contributed by atoms with E-state index in [9.17, 15) is 9.59 Å². The molecule has 1 N–H and O–H groups in total. The number of aromatic nitrogens is 2. The van der Waals surface area contributed by atoms with E-state index >= 15 is 4.39 Å². The van der Waals surface area contributed by atoms with Crippen LogP contribution in [0.1, 0.15) is 16.7 Å². The normalized spacial score (nSPS) is 12.8. The molecule has 0 aliphatic carbocycles. The number of rotatable bonds is 10. The molecule has 0 fully saturated rings. The van der Waals surface area contributed by atoms with E-state index in [-0.39, 0.29) is 18.9 Å². The van der Waals surface area contributed by atoms with Gasteiger partial charge in [0.1, 0.15) is 17.3 Å². The van der Waals surface area contributed by atoms with Gasteiger partial charge in [-0.3, -0.25) is 9.69 Å². The highest BCUT2D eigenvalue weighted by molar-refractivity contribution is 5.73. The van der Waals surface area contributed by atoms with Gasteiger partial charge in [0.25, 0.3) is 0 Å². The minimum Gasteiger partial charge on any atom is -0.437 e. The predicted molar refractivity (Wildman–Crippen MR) is 121 cm³/mol. The Morgan fingerprint density at radius 2 is 2.09 bits per heavy atom. The molecule has 3 aromatic rings. The number of fused-ring (bicyclic) bond motifs is 1. The lowest BCUT2D eigenvalue weighted by molar-refractivity contribution is -0.109. The van der Waals surface area contributed by atoms with Crippen molar-refractivity contribution in [3.05, 3.63) is 77.2 Å². The molecule has 0 radical (unpaired) electrons. The summed E-state index contributed by atoms with van der Waals surface area (Å²) in [6, 6.07) is 13.7. The Balaban J connectivity index is 1.43. The molecule has 9 nitrogen and oxygen atoms in total. The van der Waals surface area contributed by atoms with E-state index in [1.807, 2.05) is 11.9 Å². The van der Waals surface area contributed by atoms with Gasteiger partial charge in [-0.2, -0.15) is 5.10 Å². The summed E-state index contributed by atoms with van der Waals surface area (Å²) in [6.45, 7) is 1.79. The van der Waals surface area contributed by atoms with Gasteiger partial charge in [0.15, 0.2) is 0 Å². The van der Waals surface area contributed by atoms with Gasteiger partial charge in [0.05, 0.1) is 13.1 Å². The Hall–Kier alpha value is -4.05. The van der Waals surface area contributed by atoms with Crippen molar-refractivity contribution in [3.8, 4) is 17.4 Å². The molecule has 2 aromatic carbocycles. The largest absolute Gasteiger partial charge is 0.437 e. The van der Waals surface area contributed by atoms with E-state index in [4.69, 9.17) is 9.47 Å². The summed E-state index contributed by atoms with van der Waals surface area (Å²) in [4.78, 5) is 26.4. The summed E-state index contributed by atoms with van der Waals surface area (Å²) in [5.74, 6) is 0.824. The number of amides is 2. The number of ether oxygens (including phenoxy) is 2. The van der Waals surface area contributed by atoms with Crippen LogP contribution in [0.3, 0.4) is 0 Å². The summed E-state index contributed by atoms with van der Waals surface area (Å²) in [5.41, 5.74) is 1.70. The Morgan fingerprint density at radius 3 is 2.88 bits per heavy atom. The topological polar surface area (TPSA) is 96.9 Å². The number of nitrogens with zero attached hydrogens (tertiary/aromatic N) is 4. The molecule has 0 spiro atoms. The van der Waals surface area contributed by atoms with Gasteiger partial charge in [0.2, 0.25) is 12.3 Å². The predicted octanol–water partition coefficient (Wildman–Crippen LogP) is 3.10. The van der Waals surface area contributed by atoms with Crippen molar-refractivity contribution < 1.29 is 23.5 Å². The highest BCUT2D eigenvalue weighted by Gasteiger charge is 2.26. The van der Waals surface area contributed by atoms with E-state index in [1.54, 1.807) is 54.7 Å². The number of benzene rings is 2. The first-order valence-corrected chi connectivity index (χ1v) is 10.7. The fraction of sp³-hybridized carbons (Fsp3) is 0.250. The molecule has 34 heavy (non-hydrogen) atoms. The third kappa shape index (κ3) is 5.65. The van der Waals surface area contributed by atoms with Gasteiger partial charge in [0, 0.05) is 54.7 Å². The van der Waals surface area contributed by atoms with Crippen molar-refractivity contribution >= 4 is 12.5 Å². The zero-order valence-corrected chi connectivity index (χ0v) is 18.6. The highest BCUT2D eigenvalue weighted by Crippen LogP contribution is 2.32. The Morgan fingerprint density at radius 1 is 1.24 bits per heavy atom.